The molecular weight excluding hydrogens is 583 g/mol. The number of benzene rings is 2. The Morgan fingerprint density at radius 2 is 1.74 bits per heavy atom. The number of nitrogens with zero attached hydrogens (tertiary/aromatic N) is 1. The van der Waals surface area contributed by atoms with E-state index in [1.165, 1.54) is 75.2 Å². The first kappa shape index (κ1) is 36.0. The Kier molecular flexibility index (Phi) is 14.9. The number of nitrogens with one attached hydrogen (secondary N) is 3. The second-order valence-corrected chi connectivity index (χ2v) is 13.2. The van der Waals surface area contributed by atoms with E-state index in [-0.39, 0.29) is 11.9 Å². The monoisotopic (exact) mass is 640 g/mol. The molecule has 4 aliphatic rings. The smallest absolute Gasteiger partial charge is 0.207 e. The third-order valence-corrected chi connectivity index (χ3v) is 10.1. The van der Waals surface area contributed by atoms with Crippen LogP contribution in [0.3, 0.4) is 0 Å². The first-order valence-corrected chi connectivity index (χ1v) is 17.5. The number of halogens is 1. The van der Waals surface area contributed by atoms with Gasteiger partial charge in [0.2, 0.25) is 6.41 Å². The first-order valence-electron chi connectivity index (χ1n) is 17.5. The number of anilines is 1. The molecule has 0 bridgehead atoms. The van der Waals surface area contributed by atoms with Crippen molar-refractivity contribution in [2.75, 3.05) is 64.9 Å². The zero-order valence-corrected chi connectivity index (χ0v) is 28.1. The quantitative estimate of drug-likeness (QED) is 0.178. The molecular formula is C37H57FN4O4. The SMILES string of the molecule is C1CCNC1.CO.COc1ccc(CCC(CCNC=O)Oc2cc(F)cc(N3CCC4(CC3)CNC4)c2)cc1C1CCCCC1. The summed E-state index contributed by atoms with van der Waals surface area (Å²) in [5, 5.41) is 16.4. The fourth-order valence-corrected chi connectivity index (χ4v) is 7.25. The van der Waals surface area contributed by atoms with Crippen LogP contribution in [0.4, 0.5) is 10.1 Å². The van der Waals surface area contributed by atoms with Gasteiger partial charge in [-0.3, -0.25) is 4.79 Å². The summed E-state index contributed by atoms with van der Waals surface area (Å²) < 4.78 is 26.8. The van der Waals surface area contributed by atoms with Crippen molar-refractivity contribution in [2.45, 2.75) is 89.1 Å². The van der Waals surface area contributed by atoms with Crippen molar-refractivity contribution in [3.05, 3.63) is 53.3 Å². The van der Waals surface area contributed by atoms with E-state index in [2.05, 4.69) is 39.0 Å². The highest BCUT2D eigenvalue weighted by Gasteiger charge is 2.39. The molecule has 46 heavy (non-hydrogen) atoms. The van der Waals surface area contributed by atoms with Crippen LogP contribution < -0.4 is 30.3 Å². The lowest BCUT2D eigenvalue weighted by Gasteiger charge is -2.49. The standard InChI is InChI=1S/C32H44FN3O3.C4H9N.CH4O/c1-38-31-10-8-24(17-30(31)25-5-3-2-4-6-25)7-9-28(11-14-34-23-37)39-29-19-26(33)18-27(20-29)36-15-12-32(13-16-36)21-35-22-32;1-2-4-5-3-1;1-2/h8,10,17-20,23,25,28,35H,2-7,9,11-16,21-22H2,1H3,(H,34,37);5H,1-4H2;2H,1H3. The number of hydrogen-bond donors (Lipinski definition) is 4. The van der Waals surface area contributed by atoms with Crippen LogP contribution in [-0.2, 0) is 11.2 Å². The Labute approximate surface area is 275 Å². The fraction of sp³-hybridized carbons (Fsp3) is 0.649. The molecule has 4 fully saturated rings. The van der Waals surface area contributed by atoms with Gasteiger partial charge in [-0.1, -0.05) is 31.4 Å². The summed E-state index contributed by atoms with van der Waals surface area (Å²) in [5.74, 6) is 1.83. The molecule has 6 rings (SSSR count). The number of hydrogen-bond acceptors (Lipinski definition) is 7. The molecule has 2 aromatic rings. The zero-order chi connectivity index (χ0) is 32.6. The molecule has 2 aromatic carbocycles. The van der Waals surface area contributed by atoms with Crippen LogP contribution in [0.25, 0.3) is 0 Å². The maximum atomic E-state index is 14.7. The van der Waals surface area contributed by atoms with Gasteiger partial charge in [-0.2, -0.15) is 0 Å². The van der Waals surface area contributed by atoms with E-state index >= 15 is 0 Å². The number of carbonyl (C=O) groups is 1. The van der Waals surface area contributed by atoms with Gasteiger partial charge in [-0.05, 0) is 99.0 Å². The van der Waals surface area contributed by atoms with E-state index in [9.17, 15) is 9.18 Å². The molecule has 8 nitrogen and oxygen atoms in total. The molecule has 1 spiro atoms. The second kappa shape index (κ2) is 19.1. The average molecular weight is 641 g/mol. The molecule has 1 atom stereocenters. The number of methoxy groups -OCH3 is 1. The summed E-state index contributed by atoms with van der Waals surface area (Å²) in [6.45, 7) is 7.11. The number of rotatable bonds is 12. The highest BCUT2D eigenvalue weighted by Crippen LogP contribution is 2.39. The Hall–Kier alpha value is -2.88. The predicted molar refractivity (Wildman–Crippen MR) is 184 cm³/mol. The summed E-state index contributed by atoms with van der Waals surface area (Å²) in [7, 11) is 2.75. The molecule has 256 valence electrons. The molecule has 3 saturated heterocycles. The molecule has 3 heterocycles. The van der Waals surface area contributed by atoms with E-state index in [4.69, 9.17) is 14.6 Å². The van der Waals surface area contributed by atoms with Gasteiger partial charge < -0.3 is 35.4 Å². The summed E-state index contributed by atoms with van der Waals surface area (Å²) in [5.41, 5.74) is 3.92. The molecule has 1 saturated carbocycles. The minimum absolute atomic E-state index is 0.141. The van der Waals surface area contributed by atoms with Gasteiger partial charge in [0.15, 0.2) is 0 Å². The number of amides is 1. The molecule has 1 amide bonds. The minimum Gasteiger partial charge on any atom is -0.496 e. The van der Waals surface area contributed by atoms with Crippen LogP contribution in [-0.4, -0.2) is 77.7 Å². The topological polar surface area (TPSA) is 95.1 Å². The third kappa shape index (κ3) is 10.6. The number of ether oxygens (including phenoxy) is 2. The van der Waals surface area contributed by atoms with Crippen molar-refractivity contribution < 1.29 is 23.8 Å². The normalized spacial score (nSPS) is 19.5. The maximum absolute atomic E-state index is 14.7. The first-order chi connectivity index (χ1) is 22.6. The van der Waals surface area contributed by atoms with Crippen molar-refractivity contribution in [3.8, 4) is 11.5 Å². The van der Waals surface area contributed by atoms with Gasteiger partial charge in [0.05, 0.1) is 7.11 Å². The summed E-state index contributed by atoms with van der Waals surface area (Å²) in [6, 6.07) is 11.7. The van der Waals surface area contributed by atoms with Crippen molar-refractivity contribution in [3.63, 3.8) is 0 Å². The highest BCUT2D eigenvalue weighted by molar-refractivity contribution is 5.52. The van der Waals surface area contributed by atoms with Gasteiger partial charge in [0.1, 0.15) is 23.4 Å². The predicted octanol–water partition coefficient (Wildman–Crippen LogP) is 5.57. The maximum Gasteiger partial charge on any atom is 0.207 e. The van der Waals surface area contributed by atoms with E-state index in [0.29, 0.717) is 30.0 Å². The Bertz CT molecular complexity index is 1170. The Balaban J connectivity index is 0.000000616. The largest absolute Gasteiger partial charge is 0.496 e. The van der Waals surface area contributed by atoms with Crippen molar-refractivity contribution in [1.82, 2.24) is 16.0 Å². The molecule has 0 radical (unpaired) electrons. The summed E-state index contributed by atoms with van der Waals surface area (Å²) >= 11 is 0. The van der Waals surface area contributed by atoms with Gasteiger partial charge >= 0.3 is 0 Å². The van der Waals surface area contributed by atoms with Crippen LogP contribution in [0, 0.1) is 11.2 Å². The second-order valence-electron chi connectivity index (χ2n) is 13.2. The number of carbonyl (C=O) groups excluding carboxylic acids is 1. The summed E-state index contributed by atoms with van der Waals surface area (Å²) in [6.07, 6.45) is 14.2. The molecule has 0 aromatic heterocycles. The lowest BCUT2D eigenvalue weighted by Crippen LogP contribution is -2.58. The lowest BCUT2D eigenvalue weighted by molar-refractivity contribution is -0.109. The van der Waals surface area contributed by atoms with Crippen molar-refractivity contribution in [2.24, 2.45) is 5.41 Å². The van der Waals surface area contributed by atoms with Crippen LogP contribution in [0.15, 0.2) is 36.4 Å². The van der Waals surface area contributed by atoms with Crippen LogP contribution in [0.2, 0.25) is 0 Å². The van der Waals surface area contributed by atoms with Crippen molar-refractivity contribution >= 4 is 12.1 Å². The minimum atomic E-state index is -0.273. The van der Waals surface area contributed by atoms with Crippen molar-refractivity contribution in [1.29, 1.82) is 0 Å². The Morgan fingerprint density at radius 1 is 1.00 bits per heavy atom. The fourth-order valence-electron chi connectivity index (χ4n) is 7.25. The Morgan fingerprint density at radius 3 is 2.35 bits per heavy atom. The van der Waals surface area contributed by atoms with Gasteiger partial charge in [-0.25, -0.2) is 4.39 Å². The van der Waals surface area contributed by atoms with E-state index in [0.717, 1.165) is 76.8 Å². The molecule has 1 unspecified atom stereocenters. The summed E-state index contributed by atoms with van der Waals surface area (Å²) in [4.78, 5) is 13.2. The van der Waals surface area contributed by atoms with E-state index in [1.807, 2.05) is 6.07 Å². The molecule has 1 aliphatic carbocycles. The number of aliphatic hydroxyl groups excluding tert-OH is 1. The lowest BCUT2D eigenvalue weighted by atomic mass is 9.73. The van der Waals surface area contributed by atoms with E-state index in [1.54, 1.807) is 13.2 Å². The average Bonchev–Trinajstić information content (AvgIpc) is 3.68. The molecule has 4 N–H and O–H groups in total. The van der Waals surface area contributed by atoms with Crippen LogP contribution in [0.1, 0.15) is 87.7 Å². The van der Waals surface area contributed by atoms with E-state index < -0.39 is 0 Å². The molecule has 9 heteroatoms. The van der Waals surface area contributed by atoms with Crippen LogP contribution in [0.5, 0.6) is 11.5 Å². The van der Waals surface area contributed by atoms with Crippen LogP contribution >= 0.6 is 0 Å². The zero-order valence-electron chi connectivity index (χ0n) is 28.1. The number of aryl methyl sites for hydroxylation is 1. The van der Waals surface area contributed by atoms with Gasteiger partial charge in [0.25, 0.3) is 0 Å². The highest BCUT2D eigenvalue weighted by atomic mass is 19.1. The third-order valence-electron chi connectivity index (χ3n) is 10.1. The van der Waals surface area contributed by atoms with Gasteiger partial charge in [0, 0.05) is 64.1 Å². The molecule has 3 aliphatic heterocycles. The number of aliphatic hydroxyl groups is 1. The number of piperidine rings is 1. The van der Waals surface area contributed by atoms with Gasteiger partial charge in [-0.15, -0.1) is 0 Å².